The number of carbonyl (C=O) groups excluding carboxylic acids is 1. The summed E-state index contributed by atoms with van der Waals surface area (Å²) in [5, 5.41) is 15.5. The van der Waals surface area contributed by atoms with E-state index in [0.717, 1.165) is 5.56 Å². The Bertz CT molecular complexity index is 620. The van der Waals surface area contributed by atoms with Crippen molar-refractivity contribution in [3.8, 4) is 0 Å². The molecule has 2 N–H and O–H groups in total. The second-order valence-electron chi connectivity index (χ2n) is 4.33. The molecule has 0 spiro atoms. The number of hydrogen-bond donors (Lipinski definition) is 2. The molecule has 0 fully saturated rings. The number of carboxylic acid groups (broad SMARTS) is 1. The van der Waals surface area contributed by atoms with Crippen molar-refractivity contribution in [2.24, 2.45) is 7.05 Å². The Hall–Kier alpha value is -2.63. The molecule has 0 bridgehead atoms. The van der Waals surface area contributed by atoms with Crippen molar-refractivity contribution in [2.75, 3.05) is 6.54 Å². The number of aromatic carboxylic acids is 1. The molecule has 6 nitrogen and oxygen atoms in total. The number of benzene rings is 1. The van der Waals surface area contributed by atoms with Gasteiger partial charge < -0.3 is 10.4 Å². The van der Waals surface area contributed by atoms with E-state index in [4.69, 9.17) is 5.11 Å². The molecule has 20 heavy (non-hydrogen) atoms. The van der Waals surface area contributed by atoms with Crippen molar-refractivity contribution in [1.82, 2.24) is 15.1 Å². The molecule has 1 aromatic carbocycles. The van der Waals surface area contributed by atoms with Crippen LogP contribution in [0.4, 0.5) is 0 Å². The summed E-state index contributed by atoms with van der Waals surface area (Å²) >= 11 is 0. The highest BCUT2D eigenvalue weighted by Crippen LogP contribution is 2.07. The number of nitrogens with one attached hydrogen (secondary N) is 1. The van der Waals surface area contributed by atoms with Crippen molar-refractivity contribution < 1.29 is 14.7 Å². The molecule has 0 aliphatic carbocycles. The summed E-state index contributed by atoms with van der Waals surface area (Å²) in [5.41, 5.74) is 1.08. The summed E-state index contributed by atoms with van der Waals surface area (Å²) in [5.74, 6) is -1.59. The van der Waals surface area contributed by atoms with Crippen LogP contribution in [0.15, 0.2) is 36.5 Å². The number of nitrogens with zero attached hydrogens (tertiary/aromatic N) is 2. The summed E-state index contributed by atoms with van der Waals surface area (Å²) in [4.78, 5) is 23.0. The lowest BCUT2D eigenvalue weighted by molar-refractivity contribution is 0.0690. The van der Waals surface area contributed by atoms with Gasteiger partial charge in [0.25, 0.3) is 5.91 Å². The molecular weight excluding hydrogens is 258 g/mol. The molecule has 1 aromatic heterocycles. The summed E-state index contributed by atoms with van der Waals surface area (Å²) in [6.45, 7) is 0.438. The SMILES string of the molecule is Cn1ncc(C(=O)O)c1C(=O)NCCc1ccccc1. The molecule has 0 saturated heterocycles. The predicted molar refractivity (Wildman–Crippen MR) is 72.6 cm³/mol. The third-order valence-electron chi connectivity index (χ3n) is 2.93. The van der Waals surface area contributed by atoms with Crippen molar-refractivity contribution >= 4 is 11.9 Å². The Morgan fingerprint density at radius 1 is 1.30 bits per heavy atom. The van der Waals surface area contributed by atoms with E-state index >= 15 is 0 Å². The fourth-order valence-electron chi connectivity index (χ4n) is 1.91. The van der Waals surface area contributed by atoms with Crippen LogP contribution in [0.2, 0.25) is 0 Å². The minimum Gasteiger partial charge on any atom is -0.478 e. The van der Waals surface area contributed by atoms with E-state index in [1.54, 1.807) is 7.05 Å². The maximum absolute atomic E-state index is 12.0. The van der Waals surface area contributed by atoms with Gasteiger partial charge in [0.2, 0.25) is 0 Å². The van der Waals surface area contributed by atoms with Crippen LogP contribution < -0.4 is 5.32 Å². The van der Waals surface area contributed by atoms with Crippen LogP contribution in [0, 0.1) is 0 Å². The van der Waals surface area contributed by atoms with Crippen LogP contribution in [0.1, 0.15) is 26.4 Å². The average Bonchev–Trinajstić information content (AvgIpc) is 2.82. The van der Waals surface area contributed by atoms with Crippen LogP contribution in [-0.4, -0.2) is 33.3 Å². The van der Waals surface area contributed by atoms with E-state index in [0.29, 0.717) is 13.0 Å². The Labute approximate surface area is 116 Å². The lowest BCUT2D eigenvalue weighted by atomic mass is 10.1. The quantitative estimate of drug-likeness (QED) is 0.854. The van der Waals surface area contributed by atoms with E-state index in [9.17, 15) is 9.59 Å². The normalized spacial score (nSPS) is 10.2. The Kier molecular flexibility index (Phi) is 4.14. The molecule has 0 unspecified atom stereocenters. The molecule has 1 amide bonds. The zero-order chi connectivity index (χ0) is 14.5. The van der Waals surface area contributed by atoms with Gasteiger partial charge >= 0.3 is 5.97 Å². The Morgan fingerprint density at radius 3 is 2.65 bits per heavy atom. The molecule has 0 radical (unpaired) electrons. The van der Waals surface area contributed by atoms with Gasteiger partial charge in [-0.15, -0.1) is 0 Å². The Balaban J connectivity index is 1.99. The molecule has 0 saturated carbocycles. The second-order valence-corrected chi connectivity index (χ2v) is 4.33. The van der Waals surface area contributed by atoms with Crippen LogP contribution in [0.25, 0.3) is 0 Å². The van der Waals surface area contributed by atoms with Gasteiger partial charge in [0.05, 0.1) is 6.20 Å². The summed E-state index contributed by atoms with van der Waals surface area (Å²) in [7, 11) is 1.54. The smallest absolute Gasteiger partial charge is 0.339 e. The zero-order valence-electron chi connectivity index (χ0n) is 11.0. The minimum absolute atomic E-state index is 0.0607. The molecular formula is C14H15N3O3. The first-order chi connectivity index (χ1) is 9.59. The van der Waals surface area contributed by atoms with Crippen LogP contribution in [-0.2, 0) is 13.5 Å². The monoisotopic (exact) mass is 273 g/mol. The van der Waals surface area contributed by atoms with Crippen LogP contribution >= 0.6 is 0 Å². The van der Waals surface area contributed by atoms with Crippen molar-refractivity contribution in [2.45, 2.75) is 6.42 Å². The summed E-state index contributed by atoms with van der Waals surface area (Å²) in [6.07, 6.45) is 1.86. The molecule has 0 aliphatic heterocycles. The van der Waals surface area contributed by atoms with E-state index in [1.807, 2.05) is 30.3 Å². The van der Waals surface area contributed by atoms with Crippen molar-refractivity contribution in [3.63, 3.8) is 0 Å². The molecule has 0 atom stereocenters. The van der Waals surface area contributed by atoms with Gasteiger partial charge in [-0.25, -0.2) is 4.79 Å². The van der Waals surface area contributed by atoms with Gasteiger partial charge in [-0.2, -0.15) is 5.10 Å². The topological polar surface area (TPSA) is 84.2 Å². The first kappa shape index (κ1) is 13.8. The van der Waals surface area contributed by atoms with Crippen LogP contribution in [0.3, 0.4) is 0 Å². The predicted octanol–water partition coefficient (Wildman–Crippen LogP) is 1.09. The van der Waals surface area contributed by atoms with Crippen molar-refractivity contribution in [1.29, 1.82) is 0 Å². The molecule has 2 aromatic rings. The second kappa shape index (κ2) is 6.01. The van der Waals surface area contributed by atoms with Gasteiger partial charge in [0.15, 0.2) is 0 Å². The van der Waals surface area contributed by atoms with Gasteiger partial charge in [-0.05, 0) is 12.0 Å². The van der Waals surface area contributed by atoms with E-state index < -0.39 is 11.9 Å². The molecule has 104 valence electrons. The summed E-state index contributed by atoms with van der Waals surface area (Å²) < 4.78 is 1.27. The van der Waals surface area contributed by atoms with Gasteiger partial charge in [0.1, 0.15) is 11.3 Å². The number of aryl methyl sites for hydroxylation is 1. The highest BCUT2D eigenvalue weighted by atomic mass is 16.4. The number of hydrogen-bond acceptors (Lipinski definition) is 3. The summed E-state index contributed by atoms with van der Waals surface area (Å²) in [6, 6.07) is 9.73. The first-order valence-electron chi connectivity index (χ1n) is 6.17. The zero-order valence-corrected chi connectivity index (χ0v) is 11.0. The van der Waals surface area contributed by atoms with Crippen molar-refractivity contribution in [3.05, 3.63) is 53.3 Å². The van der Waals surface area contributed by atoms with Gasteiger partial charge in [-0.1, -0.05) is 30.3 Å². The average molecular weight is 273 g/mol. The van der Waals surface area contributed by atoms with Crippen LogP contribution in [0.5, 0.6) is 0 Å². The number of carbonyl (C=O) groups is 2. The van der Waals surface area contributed by atoms with E-state index in [1.165, 1.54) is 10.9 Å². The Morgan fingerprint density at radius 2 is 2.00 bits per heavy atom. The maximum atomic E-state index is 12.0. The molecule has 0 aliphatic rings. The number of carboxylic acids is 1. The molecule has 2 rings (SSSR count). The number of aromatic nitrogens is 2. The first-order valence-corrected chi connectivity index (χ1v) is 6.17. The minimum atomic E-state index is -1.16. The largest absolute Gasteiger partial charge is 0.478 e. The molecule has 6 heteroatoms. The highest BCUT2D eigenvalue weighted by molar-refractivity contribution is 6.03. The standard InChI is InChI=1S/C14H15N3O3/c1-17-12(11(9-16-17)14(19)20)13(18)15-8-7-10-5-3-2-4-6-10/h2-6,9H,7-8H2,1H3,(H,15,18)(H,19,20). The van der Waals surface area contributed by atoms with Gasteiger partial charge in [-0.3, -0.25) is 9.48 Å². The molecule has 1 heterocycles. The number of rotatable bonds is 5. The number of amides is 1. The third-order valence-corrected chi connectivity index (χ3v) is 2.93. The lowest BCUT2D eigenvalue weighted by Crippen LogP contribution is -2.29. The van der Waals surface area contributed by atoms with Gasteiger partial charge in [0, 0.05) is 13.6 Å². The lowest BCUT2D eigenvalue weighted by Gasteiger charge is -2.06. The highest BCUT2D eigenvalue weighted by Gasteiger charge is 2.21. The maximum Gasteiger partial charge on any atom is 0.339 e. The third kappa shape index (κ3) is 3.03. The van der Waals surface area contributed by atoms with E-state index in [-0.39, 0.29) is 11.3 Å². The van der Waals surface area contributed by atoms with E-state index in [2.05, 4.69) is 10.4 Å². The fourth-order valence-corrected chi connectivity index (χ4v) is 1.91. The fraction of sp³-hybridized carbons (Fsp3) is 0.214.